The number of H-pyrrole nitrogens is 1. The van der Waals surface area contributed by atoms with Gasteiger partial charge in [-0.25, -0.2) is 13.2 Å². The Labute approximate surface area is 135 Å². The summed E-state index contributed by atoms with van der Waals surface area (Å²) < 4.78 is 40.0. The first-order valence-electron chi connectivity index (χ1n) is 7.50. The summed E-state index contributed by atoms with van der Waals surface area (Å²) in [6.45, 7) is 0.0664. The van der Waals surface area contributed by atoms with Gasteiger partial charge in [-0.3, -0.25) is 0 Å². The molecule has 0 saturated heterocycles. The number of para-hydroxylation sites is 1. The number of rotatable bonds is 3. The summed E-state index contributed by atoms with van der Waals surface area (Å²) in [6, 6.07) is 15.9. The minimum absolute atomic E-state index is 0.0664. The Morgan fingerprint density at radius 2 is 1.58 bits per heavy atom. The molecule has 4 rings (SSSR count). The van der Waals surface area contributed by atoms with E-state index in [1.807, 2.05) is 42.5 Å². The summed E-state index contributed by atoms with van der Waals surface area (Å²) in [5, 5.41) is 5.19. The van der Waals surface area contributed by atoms with Crippen molar-refractivity contribution in [2.45, 2.75) is 6.54 Å². The smallest absolute Gasteiger partial charge is 0.194 e. The summed E-state index contributed by atoms with van der Waals surface area (Å²) in [7, 11) is 0. The minimum Gasteiger partial charge on any atom is -0.381 e. The zero-order valence-corrected chi connectivity index (χ0v) is 12.5. The normalized spacial score (nSPS) is 11.3. The van der Waals surface area contributed by atoms with E-state index >= 15 is 0 Å². The number of anilines is 1. The van der Waals surface area contributed by atoms with Crippen molar-refractivity contribution in [1.82, 2.24) is 4.98 Å². The molecule has 1 aromatic heterocycles. The molecule has 120 valence electrons. The molecule has 0 spiro atoms. The van der Waals surface area contributed by atoms with Gasteiger partial charge in [-0.05, 0) is 30.3 Å². The lowest BCUT2D eigenvalue weighted by atomic mass is 10.1. The average molecular weight is 326 g/mol. The highest BCUT2D eigenvalue weighted by Crippen LogP contribution is 2.28. The number of fused-ring (bicyclic) bond motifs is 3. The number of aromatic nitrogens is 1. The third-order valence-electron chi connectivity index (χ3n) is 4.10. The fraction of sp³-hybridized carbons (Fsp3) is 0.0526. The van der Waals surface area contributed by atoms with Crippen molar-refractivity contribution in [3.8, 4) is 0 Å². The van der Waals surface area contributed by atoms with Gasteiger partial charge >= 0.3 is 0 Å². The van der Waals surface area contributed by atoms with Crippen molar-refractivity contribution < 1.29 is 13.2 Å². The van der Waals surface area contributed by atoms with E-state index in [-0.39, 0.29) is 12.1 Å². The summed E-state index contributed by atoms with van der Waals surface area (Å²) in [4.78, 5) is 3.32. The molecule has 0 radical (unpaired) electrons. The van der Waals surface area contributed by atoms with Gasteiger partial charge in [0.25, 0.3) is 0 Å². The van der Waals surface area contributed by atoms with E-state index in [1.165, 1.54) is 6.07 Å². The molecule has 0 aliphatic rings. The molecule has 4 aromatic rings. The van der Waals surface area contributed by atoms with Crippen LogP contribution in [-0.2, 0) is 6.54 Å². The fourth-order valence-electron chi connectivity index (χ4n) is 2.86. The maximum Gasteiger partial charge on any atom is 0.194 e. The van der Waals surface area contributed by atoms with Gasteiger partial charge in [-0.2, -0.15) is 0 Å². The van der Waals surface area contributed by atoms with E-state index in [1.54, 1.807) is 0 Å². The van der Waals surface area contributed by atoms with Gasteiger partial charge in [-0.1, -0.05) is 24.3 Å². The van der Waals surface area contributed by atoms with Crippen molar-refractivity contribution in [2.75, 3.05) is 5.32 Å². The monoisotopic (exact) mass is 326 g/mol. The van der Waals surface area contributed by atoms with Crippen LogP contribution in [-0.4, -0.2) is 4.98 Å². The van der Waals surface area contributed by atoms with Crippen LogP contribution in [0.25, 0.3) is 21.8 Å². The SMILES string of the molecule is Fc1ccc(CNc2ccc3[nH]c4ccccc4c3c2)c(F)c1F. The predicted octanol–water partition coefficient (Wildman–Crippen LogP) is 5.35. The minimum atomic E-state index is -1.44. The summed E-state index contributed by atoms with van der Waals surface area (Å²) >= 11 is 0. The van der Waals surface area contributed by atoms with E-state index in [2.05, 4.69) is 10.3 Å². The van der Waals surface area contributed by atoms with Crippen LogP contribution in [0.5, 0.6) is 0 Å². The van der Waals surface area contributed by atoms with Crippen LogP contribution in [0, 0.1) is 17.5 Å². The standard InChI is InChI=1S/C19H13F3N2/c20-15-7-5-11(18(21)19(15)22)10-23-12-6-8-17-14(9-12)13-3-1-2-4-16(13)24-17/h1-9,23-24H,10H2. The van der Waals surface area contributed by atoms with Gasteiger partial charge in [0.15, 0.2) is 17.5 Å². The Morgan fingerprint density at radius 1 is 0.792 bits per heavy atom. The first-order valence-corrected chi connectivity index (χ1v) is 7.50. The number of nitrogens with one attached hydrogen (secondary N) is 2. The van der Waals surface area contributed by atoms with Crippen LogP contribution in [0.2, 0.25) is 0 Å². The zero-order valence-electron chi connectivity index (χ0n) is 12.5. The van der Waals surface area contributed by atoms with Gasteiger partial charge in [-0.15, -0.1) is 0 Å². The highest BCUT2D eigenvalue weighted by Gasteiger charge is 2.13. The number of hydrogen-bond acceptors (Lipinski definition) is 1. The number of aromatic amines is 1. The molecule has 5 heteroatoms. The number of benzene rings is 3. The second-order valence-corrected chi connectivity index (χ2v) is 5.62. The van der Waals surface area contributed by atoms with E-state index in [0.29, 0.717) is 0 Å². The Morgan fingerprint density at radius 3 is 2.46 bits per heavy atom. The van der Waals surface area contributed by atoms with Crippen LogP contribution in [0.3, 0.4) is 0 Å². The van der Waals surface area contributed by atoms with Crippen LogP contribution in [0.15, 0.2) is 54.6 Å². The second-order valence-electron chi connectivity index (χ2n) is 5.62. The molecular formula is C19H13F3N2. The summed E-state index contributed by atoms with van der Waals surface area (Å²) in [5.74, 6) is -3.78. The summed E-state index contributed by atoms with van der Waals surface area (Å²) in [5.41, 5.74) is 2.89. The zero-order chi connectivity index (χ0) is 16.7. The molecular weight excluding hydrogens is 313 g/mol. The van der Waals surface area contributed by atoms with Gasteiger partial charge in [0, 0.05) is 39.6 Å². The third kappa shape index (κ3) is 2.38. The van der Waals surface area contributed by atoms with E-state index in [9.17, 15) is 13.2 Å². The maximum atomic E-state index is 13.7. The van der Waals surface area contributed by atoms with Crippen molar-refractivity contribution in [1.29, 1.82) is 0 Å². The first-order chi connectivity index (χ1) is 11.6. The molecule has 0 amide bonds. The highest BCUT2D eigenvalue weighted by molar-refractivity contribution is 6.08. The quantitative estimate of drug-likeness (QED) is 0.488. The number of halogens is 3. The highest BCUT2D eigenvalue weighted by atomic mass is 19.2. The number of hydrogen-bond donors (Lipinski definition) is 2. The molecule has 2 nitrogen and oxygen atoms in total. The van der Waals surface area contributed by atoms with Gasteiger partial charge in [0.05, 0.1) is 0 Å². The summed E-state index contributed by atoms with van der Waals surface area (Å²) in [6.07, 6.45) is 0. The van der Waals surface area contributed by atoms with E-state index in [4.69, 9.17) is 0 Å². The molecule has 0 bridgehead atoms. The molecule has 0 atom stereocenters. The molecule has 3 aromatic carbocycles. The average Bonchev–Trinajstić information content (AvgIpc) is 2.97. The van der Waals surface area contributed by atoms with Crippen LogP contribution in [0.4, 0.5) is 18.9 Å². The Balaban J connectivity index is 1.65. The van der Waals surface area contributed by atoms with E-state index < -0.39 is 17.5 Å². The van der Waals surface area contributed by atoms with Crippen molar-refractivity contribution in [2.24, 2.45) is 0 Å². The molecule has 1 heterocycles. The lowest BCUT2D eigenvalue weighted by molar-refractivity contribution is 0.442. The van der Waals surface area contributed by atoms with Crippen molar-refractivity contribution in [3.05, 3.63) is 77.6 Å². The van der Waals surface area contributed by atoms with Gasteiger partial charge < -0.3 is 10.3 Å². The van der Waals surface area contributed by atoms with Crippen LogP contribution < -0.4 is 5.32 Å². The lowest BCUT2D eigenvalue weighted by Crippen LogP contribution is -2.04. The van der Waals surface area contributed by atoms with Crippen molar-refractivity contribution in [3.63, 3.8) is 0 Å². The van der Waals surface area contributed by atoms with Crippen LogP contribution >= 0.6 is 0 Å². The maximum absolute atomic E-state index is 13.7. The van der Waals surface area contributed by atoms with Gasteiger partial charge in [0.2, 0.25) is 0 Å². The molecule has 2 N–H and O–H groups in total. The predicted molar refractivity (Wildman–Crippen MR) is 89.4 cm³/mol. The van der Waals surface area contributed by atoms with Gasteiger partial charge in [0.1, 0.15) is 0 Å². The molecule has 0 unspecified atom stereocenters. The molecule has 0 saturated carbocycles. The Bertz CT molecular complexity index is 1050. The molecule has 0 fully saturated rings. The lowest BCUT2D eigenvalue weighted by Gasteiger charge is -2.08. The third-order valence-corrected chi connectivity index (χ3v) is 4.10. The van der Waals surface area contributed by atoms with E-state index in [0.717, 1.165) is 33.6 Å². The Hall–Kier alpha value is -2.95. The fourth-order valence-corrected chi connectivity index (χ4v) is 2.86. The largest absolute Gasteiger partial charge is 0.381 e. The Kier molecular flexibility index (Phi) is 3.41. The molecule has 24 heavy (non-hydrogen) atoms. The van der Waals surface area contributed by atoms with Crippen molar-refractivity contribution >= 4 is 27.5 Å². The molecule has 0 aliphatic heterocycles. The second kappa shape index (κ2) is 5.60. The van der Waals surface area contributed by atoms with Crippen LogP contribution in [0.1, 0.15) is 5.56 Å². The molecule has 0 aliphatic carbocycles. The first kappa shape index (κ1) is 14.6. The topological polar surface area (TPSA) is 27.8 Å².